The molecule has 2 heterocycles. The zero-order valence-corrected chi connectivity index (χ0v) is 20.2. The molecule has 0 spiro atoms. The van der Waals surface area contributed by atoms with Crippen LogP contribution in [0.2, 0.25) is 0 Å². The molecule has 0 bridgehead atoms. The summed E-state index contributed by atoms with van der Waals surface area (Å²) in [5, 5.41) is 12.8. The van der Waals surface area contributed by atoms with Crippen LogP contribution < -0.4 is 10.9 Å². The number of anilines is 1. The van der Waals surface area contributed by atoms with Gasteiger partial charge in [0.25, 0.3) is 5.56 Å². The van der Waals surface area contributed by atoms with E-state index in [0.717, 1.165) is 23.2 Å². The van der Waals surface area contributed by atoms with Crippen LogP contribution >= 0.6 is 11.8 Å². The highest BCUT2D eigenvalue weighted by Crippen LogP contribution is 2.22. The summed E-state index contributed by atoms with van der Waals surface area (Å²) < 4.78 is 3.54. The summed E-state index contributed by atoms with van der Waals surface area (Å²) in [6, 6.07) is 25.3. The summed E-state index contributed by atoms with van der Waals surface area (Å²) in [6.45, 7) is 2.58. The van der Waals surface area contributed by atoms with Gasteiger partial charge in [0.2, 0.25) is 11.7 Å². The molecule has 8 heteroatoms. The first-order valence-electron chi connectivity index (χ1n) is 11.6. The van der Waals surface area contributed by atoms with Crippen LogP contribution in [0.5, 0.6) is 0 Å². The Kier molecular flexibility index (Phi) is 6.63. The van der Waals surface area contributed by atoms with Crippen molar-refractivity contribution in [1.82, 2.24) is 19.2 Å². The zero-order chi connectivity index (χ0) is 24.2. The predicted molar refractivity (Wildman–Crippen MR) is 140 cm³/mol. The lowest BCUT2D eigenvalue weighted by Gasteiger charge is -2.11. The van der Waals surface area contributed by atoms with E-state index < -0.39 is 0 Å². The highest BCUT2D eigenvalue weighted by molar-refractivity contribution is 7.99. The molecule has 0 saturated carbocycles. The van der Waals surface area contributed by atoms with Gasteiger partial charge >= 0.3 is 0 Å². The Morgan fingerprint density at radius 2 is 1.66 bits per heavy atom. The van der Waals surface area contributed by atoms with Crippen LogP contribution in [0.4, 0.5) is 5.69 Å². The number of para-hydroxylation sites is 1. The number of hydrogen-bond donors (Lipinski definition) is 1. The molecule has 0 atom stereocenters. The van der Waals surface area contributed by atoms with Gasteiger partial charge < -0.3 is 5.32 Å². The molecule has 5 rings (SSSR count). The second-order valence-electron chi connectivity index (χ2n) is 8.21. The maximum absolute atomic E-state index is 13.3. The molecule has 176 valence electrons. The van der Waals surface area contributed by atoms with E-state index in [-0.39, 0.29) is 17.2 Å². The van der Waals surface area contributed by atoms with Crippen LogP contribution in [0.3, 0.4) is 0 Å². The number of thioether (sulfide) groups is 1. The number of fused-ring (bicyclic) bond motifs is 3. The first-order valence-corrected chi connectivity index (χ1v) is 12.5. The fraction of sp³-hybridized carbons (Fsp3) is 0.185. The minimum atomic E-state index is -0.127. The third-order valence-corrected chi connectivity index (χ3v) is 6.85. The van der Waals surface area contributed by atoms with Gasteiger partial charge in [-0.25, -0.2) is 0 Å². The number of nitrogens with zero attached hydrogens (tertiary/aromatic N) is 4. The van der Waals surface area contributed by atoms with Crippen molar-refractivity contribution in [3.8, 4) is 0 Å². The van der Waals surface area contributed by atoms with Crippen LogP contribution in [0.25, 0.3) is 16.7 Å². The topological polar surface area (TPSA) is 81.3 Å². The number of aromatic nitrogens is 4. The maximum atomic E-state index is 13.3. The fourth-order valence-corrected chi connectivity index (χ4v) is 4.81. The third kappa shape index (κ3) is 4.83. The van der Waals surface area contributed by atoms with Crippen molar-refractivity contribution in [3.63, 3.8) is 0 Å². The number of nitrogens with one attached hydrogen (secondary N) is 1. The number of benzene rings is 3. The second kappa shape index (κ2) is 10.1. The molecule has 0 unspecified atom stereocenters. The van der Waals surface area contributed by atoms with Gasteiger partial charge in [-0.05, 0) is 48.2 Å². The molecule has 0 aliphatic rings. The molecule has 5 aromatic rings. The Morgan fingerprint density at radius 3 is 2.43 bits per heavy atom. The summed E-state index contributed by atoms with van der Waals surface area (Å²) in [4.78, 5) is 25.9. The van der Waals surface area contributed by atoms with Crippen LogP contribution in [-0.4, -0.2) is 30.8 Å². The summed E-state index contributed by atoms with van der Waals surface area (Å²) in [5.41, 5.74) is 3.76. The Bertz CT molecular complexity index is 1540. The molecule has 0 aliphatic carbocycles. The minimum Gasteiger partial charge on any atom is -0.325 e. The molecule has 0 saturated heterocycles. The van der Waals surface area contributed by atoms with Crippen molar-refractivity contribution in [1.29, 1.82) is 0 Å². The molecule has 0 fully saturated rings. The van der Waals surface area contributed by atoms with E-state index >= 15 is 0 Å². The Labute approximate surface area is 206 Å². The van der Waals surface area contributed by atoms with E-state index in [1.165, 1.54) is 17.3 Å². The van der Waals surface area contributed by atoms with Crippen molar-refractivity contribution in [2.75, 3.05) is 11.1 Å². The Hall–Kier alpha value is -3.91. The monoisotopic (exact) mass is 483 g/mol. The van der Waals surface area contributed by atoms with Crippen LogP contribution in [0.1, 0.15) is 18.1 Å². The Morgan fingerprint density at radius 1 is 0.914 bits per heavy atom. The normalized spacial score (nSPS) is 11.2. The number of aryl methyl sites for hydroxylation is 3. The van der Waals surface area contributed by atoms with Crippen LogP contribution in [0.15, 0.2) is 88.8 Å². The van der Waals surface area contributed by atoms with Crippen molar-refractivity contribution >= 4 is 40.0 Å². The van der Waals surface area contributed by atoms with Gasteiger partial charge in [0.15, 0.2) is 5.16 Å². The van der Waals surface area contributed by atoms with Gasteiger partial charge in [-0.3, -0.25) is 18.6 Å². The number of hydrogen-bond acceptors (Lipinski definition) is 5. The summed E-state index contributed by atoms with van der Waals surface area (Å²) in [5.74, 6) is 0.522. The lowest BCUT2D eigenvalue weighted by Crippen LogP contribution is -2.24. The maximum Gasteiger partial charge on any atom is 0.262 e. The van der Waals surface area contributed by atoms with E-state index in [1.807, 2.05) is 83.3 Å². The zero-order valence-electron chi connectivity index (χ0n) is 19.3. The summed E-state index contributed by atoms with van der Waals surface area (Å²) >= 11 is 1.30. The average molecular weight is 484 g/mol. The van der Waals surface area contributed by atoms with E-state index in [2.05, 4.69) is 22.4 Å². The lowest BCUT2D eigenvalue weighted by atomic mass is 10.1. The number of rotatable bonds is 8. The van der Waals surface area contributed by atoms with Crippen LogP contribution in [-0.2, 0) is 24.2 Å². The Balaban J connectivity index is 1.42. The van der Waals surface area contributed by atoms with Crippen LogP contribution in [0, 0.1) is 0 Å². The van der Waals surface area contributed by atoms with E-state index in [9.17, 15) is 9.59 Å². The highest BCUT2D eigenvalue weighted by atomic mass is 32.2. The SMILES string of the molecule is CCc1ccc(NC(=O)CSc2nnc3n(CCc4ccccc4)c(=O)c4ccccc4n23)cc1. The quantitative estimate of drug-likeness (QED) is 0.327. The van der Waals surface area contributed by atoms with Crippen molar-refractivity contribution in [2.45, 2.75) is 31.5 Å². The van der Waals surface area contributed by atoms with Gasteiger partial charge in [0, 0.05) is 12.2 Å². The summed E-state index contributed by atoms with van der Waals surface area (Å²) in [6.07, 6.45) is 1.65. The molecule has 0 radical (unpaired) electrons. The van der Waals surface area contributed by atoms with E-state index in [0.29, 0.717) is 29.3 Å². The molecular formula is C27H25N5O2S. The molecule has 3 aromatic carbocycles. The van der Waals surface area contributed by atoms with Gasteiger partial charge in [-0.15, -0.1) is 10.2 Å². The molecular weight excluding hydrogens is 458 g/mol. The summed E-state index contributed by atoms with van der Waals surface area (Å²) in [7, 11) is 0. The molecule has 0 aliphatic heterocycles. The first-order chi connectivity index (χ1) is 17.1. The fourth-order valence-electron chi connectivity index (χ4n) is 4.07. The molecule has 1 N–H and O–H groups in total. The largest absolute Gasteiger partial charge is 0.325 e. The molecule has 2 aromatic heterocycles. The van der Waals surface area contributed by atoms with E-state index in [4.69, 9.17) is 0 Å². The van der Waals surface area contributed by atoms with Crippen molar-refractivity contribution in [2.24, 2.45) is 0 Å². The van der Waals surface area contributed by atoms with Crippen molar-refractivity contribution in [3.05, 3.63) is 100 Å². The molecule has 1 amide bonds. The molecule has 35 heavy (non-hydrogen) atoms. The van der Waals surface area contributed by atoms with Crippen molar-refractivity contribution < 1.29 is 4.79 Å². The van der Waals surface area contributed by atoms with Gasteiger partial charge in [-0.2, -0.15) is 0 Å². The second-order valence-corrected chi connectivity index (χ2v) is 9.16. The molecule has 7 nitrogen and oxygen atoms in total. The smallest absolute Gasteiger partial charge is 0.262 e. The highest BCUT2D eigenvalue weighted by Gasteiger charge is 2.17. The average Bonchev–Trinajstić information content (AvgIpc) is 3.32. The van der Waals surface area contributed by atoms with E-state index in [1.54, 1.807) is 4.57 Å². The minimum absolute atomic E-state index is 0.0961. The third-order valence-electron chi connectivity index (χ3n) is 5.92. The number of carbonyl (C=O) groups excluding carboxylic acids is 1. The standard InChI is InChI=1S/C27H25N5O2S/c1-2-19-12-14-21(15-13-19)28-24(33)18-35-27-30-29-26-31(17-16-20-8-4-3-5-9-20)25(34)22-10-6-7-11-23(22)32(26)27/h3-15H,2,16-18H2,1H3,(H,28,33). The van der Waals surface area contributed by atoms with Gasteiger partial charge in [0.1, 0.15) is 0 Å². The first kappa shape index (κ1) is 22.9. The van der Waals surface area contributed by atoms with Gasteiger partial charge in [0.05, 0.1) is 16.7 Å². The number of amides is 1. The lowest BCUT2D eigenvalue weighted by molar-refractivity contribution is -0.113. The van der Waals surface area contributed by atoms with Gasteiger partial charge in [-0.1, -0.05) is 73.3 Å². The predicted octanol–water partition coefficient (Wildman–Crippen LogP) is 4.58. The number of carbonyl (C=O) groups is 1.